The van der Waals surface area contributed by atoms with Crippen molar-refractivity contribution in [3.8, 4) is 5.75 Å². The second-order valence-corrected chi connectivity index (χ2v) is 3.96. The SMILES string of the molecule is N[C@H]1COc2cc(Br)ccc2NC1=O. The number of hydrogen-bond acceptors (Lipinski definition) is 3. The van der Waals surface area contributed by atoms with Crippen molar-refractivity contribution in [1.82, 2.24) is 0 Å². The van der Waals surface area contributed by atoms with Gasteiger partial charge >= 0.3 is 0 Å². The Morgan fingerprint density at radius 2 is 2.36 bits per heavy atom. The number of nitrogens with two attached hydrogens (primary N) is 1. The van der Waals surface area contributed by atoms with Crippen LogP contribution in [0.25, 0.3) is 0 Å². The number of amides is 1. The maximum Gasteiger partial charge on any atom is 0.244 e. The number of rotatable bonds is 0. The predicted molar refractivity (Wildman–Crippen MR) is 56.2 cm³/mol. The summed E-state index contributed by atoms with van der Waals surface area (Å²) in [6.07, 6.45) is 0. The van der Waals surface area contributed by atoms with Crippen LogP contribution in [0.5, 0.6) is 5.75 Å². The first-order valence-corrected chi connectivity index (χ1v) is 4.95. The van der Waals surface area contributed by atoms with Gasteiger partial charge in [0.2, 0.25) is 5.91 Å². The molecule has 14 heavy (non-hydrogen) atoms. The lowest BCUT2D eigenvalue weighted by Crippen LogP contribution is -2.38. The molecule has 5 heteroatoms. The van der Waals surface area contributed by atoms with Crippen molar-refractivity contribution < 1.29 is 9.53 Å². The molecule has 1 aromatic rings. The molecule has 1 aliphatic rings. The Hall–Kier alpha value is -1.07. The van der Waals surface area contributed by atoms with E-state index in [4.69, 9.17) is 10.5 Å². The molecule has 2 rings (SSSR count). The monoisotopic (exact) mass is 256 g/mol. The zero-order chi connectivity index (χ0) is 10.1. The zero-order valence-electron chi connectivity index (χ0n) is 7.29. The third kappa shape index (κ3) is 1.73. The van der Waals surface area contributed by atoms with Crippen LogP contribution in [0.3, 0.4) is 0 Å². The Morgan fingerprint density at radius 3 is 3.14 bits per heavy atom. The maximum absolute atomic E-state index is 11.3. The molecule has 0 aromatic heterocycles. The molecule has 74 valence electrons. The fourth-order valence-electron chi connectivity index (χ4n) is 1.20. The third-order valence-corrected chi connectivity index (χ3v) is 2.45. The van der Waals surface area contributed by atoms with Gasteiger partial charge in [-0.15, -0.1) is 0 Å². The number of nitrogens with one attached hydrogen (secondary N) is 1. The minimum Gasteiger partial charge on any atom is -0.489 e. The summed E-state index contributed by atoms with van der Waals surface area (Å²) in [7, 11) is 0. The third-order valence-electron chi connectivity index (χ3n) is 1.96. The Kier molecular flexibility index (Phi) is 2.43. The van der Waals surface area contributed by atoms with E-state index < -0.39 is 6.04 Å². The standard InChI is InChI=1S/C9H9BrN2O2/c10-5-1-2-7-8(3-5)14-4-6(11)9(13)12-7/h1-3,6H,4,11H2,(H,12,13)/t6-/m0/s1. The fraction of sp³-hybridized carbons (Fsp3) is 0.222. The molecule has 1 amide bonds. The first-order chi connectivity index (χ1) is 6.66. The van der Waals surface area contributed by atoms with Crippen molar-refractivity contribution in [3.63, 3.8) is 0 Å². The molecule has 0 saturated heterocycles. The van der Waals surface area contributed by atoms with E-state index in [9.17, 15) is 4.79 Å². The van der Waals surface area contributed by atoms with E-state index in [2.05, 4.69) is 21.2 Å². The van der Waals surface area contributed by atoms with Crippen LogP contribution in [-0.4, -0.2) is 18.6 Å². The summed E-state index contributed by atoms with van der Waals surface area (Å²) >= 11 is 3.32. The molecule has 1 heterocycles. The van der Waals surface area contributed by atoms with E-state index in [-0.39, 0.29) is 12.5 Å². The van der Waals surface area contributed by atoms with Gasteiger partial charge in [0, 0.05) is 4.47 Å². The number of carbonyl (C=O) groups excluding carboxylic acids is 1. The quantitative estimate of drug-likeness (QED) is 0.731. The highest BCUT2D eigenvalue weighted by molar-refractivity contribution is 9.10. The molecule has 0 saturated carbocycles. The molecular formula is C9H9BrN2O2. The van der Waals surface area contributed by atoms with Crippen molar-refractivity contribution in [2.24, 2.45) is 5.73 Å². The van der Waals surface area contributed by atoms with Crippen LogP contribution in [0.1, 0.15) is 0 Å². The minimum atomic E-state index is -0.610. The van der Waals surface area contributed by atoms with E-state index in [1.807, 2.05) is 6.07 Å². The molecule has 1 aromatic carbocycles. The Labute approximate surface area is 89.6 Å². The smallest absolute Gasteiger partial charge is 0.244 e. The van der Waals surface area contributed by atoms with Gasteiger partial charge in [-0.05, 0) is 18.2 Å². The van der Waals surface area contributed by atoms with Crippen molar-refractivity contribution in [3.05, 3.63) is 22.7 Å². The summed E-state index contributed by atoms with van der Waals surface area (Å²) in [4.78, 5) is 11.3. The summed E-state index contributed by atoms with van der Waals surface area (Å²) in [5.41, 5.74) is 6.21. The molecule has 1 atom stereocenters. The van der Waals surface area contributed by atoms with E-state index in [1.165, 1.54) is 0 Å². The lowest BCUT2D eigenvalue weighted by molar-refractivity contribution is -0.117. The molecule has 0 aliphatic carbocycles. The number of halogens is 1. The van der Waals surface area contributed by atoms with Gasteiger partial charge in [-0.2, -0.15) is 0 Å². The molecule has 4 nitrogen and oxygen atoms in total. The fourth-order valence-corrected chi connectivity index (χ4v) is 1.54. The molecule has 1 aliphatic heterocycles. The lowest BCUT2D eigenvalue weighted by atomic mass is 10.3. The summed E-state index contributed by atoms with van der Waals surface area (Å²) in [5.74, 6) is 0.423. The Morgan fingerprint density at radius 1 is 1.57 bits per heavy atom. The highest BCUT2D eigenvalue weighted by atomic mass is 79.9. The van der Waals surface area contributed by atoms with Crippen molar-refractivity contribution in [2.75, 3.05) is 11.9 Å². The summed E-state index contributed by atoms with van der Waals surface area (Å²) < 4.78 is 6.28. The number of carbonyl (C=O) groups is 1. The van der Waals surface area contributed by atoms with E-state index in [1.54, 1.807) is 12.1 Å². The second kappa shape index (κ2) is 3.59. The van der Waals surface area contributed by atoms with Crippen LogP contribution in [0.15, 0.2) is 22.7 Å². The number of benzene rings is 1. The number of anilines is 1. The summed E-state index contributed by atoms with van der Waals surface area (Å²) in [6.45, 7) is 0.204. The minimum absolute atomic E-state index is 0.204. The van der Waals surface area contributed by atoms with Crippen LogP contribution >= 0.6 is 15.9 Å². The average Bonchev–Trinajstić information content (AvgIpc) is 2.29. The van der Waals surface area contributed by atoms with Crippen LogP contribution in [-0.2, 0) is 4.79 Å². The van der Waals surface area contributed by atoms with Gasteiger partial charge in [-0.25, -0.2) is 0 Å². The van der Waals surface area contributed by atoms with Crippen LogP contribution in [0.4, 0.5) is 5.69 Å². The molecule has 0 radical (unpaired) electrons. The molecule has 0 fully saturated rings. The largest absolute Gasteiger partial charge is 0.489 e. The van der Waals surface area contributed by atoms with Gasteiger partial charge < -0.3 is 15.8 Å². The van der Waals surface area contributed by atoms with Gasteiger partial charge in [0.05, 0.1) is 5.69 Å². The summed E-state index contributed by atoms with van der Waals surface area (Å²) in [6, 6.07) is 4.80. The topological polar surface area (TPSA) is 64.3 Å². The van der Waals surface area contributed by atoms with Crippen LogP contribution in [0.2, 0.25) is 0 Å². The zero-order valence-corrected chi connectivity index (χ0v) is 8.87. The lowest BCUT2D eigenvalue weighted by Gasteiger charge is -2.06. The first kappa shape index (κ1) is 9.48. The van der Waals surface area contributed by atoms with E-state index in [0.29, 0.717) is 11.4 Å². The van der Waals surface area contributed by atoms with Gasteiger partial charge in [0.25, 0.3) is 0 Å². The van der Waals surface area contributed by atoms with E-state index >= 15 is 0 Å². The Bertz CT molecular complexity index is 381. The predicted octanol–water partition coefficient (Wildman–Crippen LogP) is 1.11. The van der Waals surface area contributed by atoms with Crippen molar-refractivity contribution in [1.29, 1.82) is 0 Å². The Balaban J connectivity index is 2.37. The molecule has 0 bridgehead atoms. The normalized spacial score (nSPS) is 20.4. The second-order valence-electron chi connectivity index (χ2n) is 3.05. The summed E-state index contributed by atoms with van der Waals surface area (Å²) in [5, 5.41) is 2.69. The average molecular weight is 257 g/mol. The first-order valence-electron chi connectivity index (χ1n) is 4.15. The molecule has 3 N–H and O–H groups in total. The van der Waals surface area contributed by atoms with Gasteiger partial charge in [0.1, 0.15) is 18.4 Å². The van der Waals surface area contributed by atoms with Crippen molar-refractivity contribution in [2.45, 2.75) is 6.04 Å². The molecule has 0 spiro atoms. The van der Waals surface area contributed by atoms with Crippen LogP contribution in [0, 0.1) is 0 Å². The molecule has 0 unspecified atom stereocenters. The highest BCUT2D eigenvalue weighted by Gasteiger charge is 2.20. The number of hydrogen-bond donors (Lipinski definition) is 2. The van der Waals surface area contributed by atoms with Crippen LogP contribution < -0.4 is 15.8 Å². The number of ether oxygens (including phenoxy) is 1. The van der Waals surface area contributed by atoms with E-state index in [0.717, 1.165) is 4.47 Å². The van der Waals surface area contributed by atoms with Gasteiger partial charge in [-0.3, -0.25) is 4.79 Å². The number of fused-ring (bicyclic) bond motifs is 1. The van der Waals surface area contributed by atoms with Crippen molar-refractivity contribution >= 4 is 27.5 Å². The molecular weight excluding hydrogens is 248 g/mol. The van der Waals surface area contributed by atoms with Gasteiger partial charge in [0.15, 0.2) is 0 Å². The highest BCUT2D eigenvalue weighted by Crippen LogP contribution is 2.29. The maximum atomic E-state index is 11.3. The van der Waals surface area contributed by atoms with Gasteiger partial charge in [-0.1, -0.05) is 15.9 Å².